The van der Waals surface area contributed by atoms with Crippen LogP contribution >= 0.6 is 0 Å². The fourth-order valence-electron chi connectivity index (χ4n) is 1.60. The molecule has 1 aromatic carbocycles. The van der Waals surface area contributed by atoms with Gasteiger partial charge in [0, 0.05) is 6.92 Å². The predicted octanol–water partition coefficient (Wildman–Crippen LogP) is 0.490. The van der Waals surface area contributed by atoms with Crippen molar-refractivity contribution in [2.45, 2.75) is 25.8 Å². The van der Waals surface area contributed by atoms with Gasteiger partial charge in [0.25, 0.3) is 0 Å². The van der Waals surface area contributed by atoms with E-state index in [1.165, 1.54) is 0 Å². The number of rotatable bonds is 6. The van der Waals surface area contributed by atoms with Gasteiger partial charge in [-0.3, -0.25) is 0 Å². The van der Waals surface area contributed by atoms with Gasteiger partial charge in [-0.25, -0.2) is 13.1 Å². The fraction of sp³-hybridized carbons (Fsp3) is 0.333. The minimum absolute atomic E-state index is 0.00556. The summed E-state index contributed by atoms with van der Waals surface area (Å²) in [6, 6.07) is 6.72. The van der Waals surface area contributed by atoms with Crippen molar-refractivity contribution in [1.29, 1.82) is 0 Å². The van der Waals surface area contributed by atoms with E-state index in [0.29, 0.717) is 17.3 Å². The monoisotopic (exact) mass is 297 g/mol. The van der Waals surface area contributed by atoms with Crippen molar-refractivity contribution in [3.05, 3.63) is 47.1 Å². The molecule has 0 atom stereocenters. The van der Waals surface area contributed by atoms with Crippen molar-refractivity contribution >= 4 is 10.0 Å². The highest BCUT2D eigenvalue weighted by Crippen LogP contribution is 2.08. The molecule has 8 heteroatoms. The Morgan fingerprint density at radius 2 is 1.90 bits per heavy atom. The molecular formula is C12H15N3O4S. The molecule has 7 nitrogen and oxygen atoms in total. The molecule has 0 spiro atoms. The first-order chi connectivity index (χ1) is 9.48. The highest BCUT2D eigenvalue weighted by Gasteiger charge is 2.13. The number of nitrogens with one attached hydrogen (secondary N) is 1. The zero-order valence-electron chi connectivity index (χ0n) is 10.9. The molecule has 20 heavy (non-hydrogen) atoms. The van der Waals surface area contributed by atoms with Gasteiger partial charge >= 0.3 is 0 Å². The van der Waals surface area contributed by atoms with Crippen molar-refractivity contribution in [1.82, 2.24) is 14.9 Å². The molecule has 0 saturated carbocycles. The number of aliphatic hydroxyl groups is 1. The van der Waals surface area contributed by atoms with Crippen LogP contribution in [-0.2, 0) is 28.9 Å². The molecule has 0 bridgehead atoms. The number of aryl methyl sites for hydroxylation is 1. The third kappa shape index (κ3) is 4.12. The number of aromatic nitrogens is 2. The molecule has 0 unspecified atom stereocenters. The molecule has 2 aromatic rings. The molecule has 0 radical (unpaired) electrons. The molecule has 2 N–H and O–H groups in total. The molecule has 0 fully saturated rings. The highest BCUT2D eigenvalue weighted by molar-refractivity contribution is 7.88. The van der Waals surface area contributed by atoms with E-state index in [2.05, 4.69) is 14.9 Å². The molecule has 0 saturated heterocycles. The Hall–Kier alpha value is -1.77. The van der Waals surface area contributed by atoms with Crippen LogP contribution in [0.4, 0.5) is 0 Å². The smallest absolute Gasteiger partial charge is 0.223 e. The van der Waals surface area contributed by atoms with Gasteiger partial charge in [-0.15, -0.1) is 0 Å². The summed E-state index contributed by atoms with van der Waals surface area (Å²) in [5.74, 6) is 0.538. The number of benzene rings is 1. The average Bonchev–Trinajstić information content (AvgIpc) is 2.83. The summed E-state index contributed by atoms with van der Waals surface area (Å²) in [5.41, 5.74) is 1.38. The fourth-order valence-corrected chi connectivity index (χ4v) is 2.68. The summed E-state index contributed by atoms with van der Waals surface area (Å²) >= 11 is 0. The second-order valence-electron chi connectivity index (χ2n) is 4.28. The Kier molecular flexibility index (Phi) is 4.48. The first-order valence-corrected chi connectivity index (χ1v) is 7.59. The van der Waals surface area contributed by atoms with E-state index < -0.39 is 10.0 Å². The molecule has 1 heterocycles. The van der Waals surface area contributed by atoms with E-state index in [4.69, 9.17) is 9.63 Å². The Morgan fingerprint density at radius 1 is 1.25 bits per heavy atom. The maximum absolute atomic E-state index is 11.9. The summed E-state index contributed by atoms with van der Waals surface area (Å²) in [7, 11) is -3.48. The molecule has 2 rings (SSSR count). The summed E-state index contributed by atoms with van der Waals surface area (Å²) in [5, 5.41) is 12.5. The number of hydrogen-bond acceptors (Lipinski definition) is 6. The SMILES string of the molecule is Cc1nc(CNS(=O)(=O)Cc2ccc(CO)cc2)no1. The van der Waals surface area contributed by atoms with E-state index in [0.717, 1.165) is 5.56 Å². The van der Waals surface area contributed by atoms with Gasteiger partial charge in [0.05, 0.1) is 18.9 Å². The van der Waals surface area contributed by atoms with Crippen molar-refractivity contribution in [3.63, 3.8) is 0 Å². The van der Waals surface area contributed by atoms with Gasteiger partial charge < -0.3 is 9.63 Å². The largest absolute Gasteiger partial charge is 0.392 e. The van der Waals surface area contributed by atoms with E-state index in [9.17, 15) is 8.42 Å². The zero-order valence-corrected chi connectivity index (χ0v) is 11.7. The molecule has 0 aliphatic heterocycles. The summed E-state index contributed by atoms with van der Waals surface area (Å²) < 4.78 is 30.9. The topological polar surface area (TPSA) is 105 Å². The van der Waals surface area contributed by atoms with Gasteiger partial charge in [0.2, 0.25) is 15.9 Å². The molecule has 1 aromatic heterocycles. The van der Waals surface area contributed by atoms with Crippen LogP contribution in [0.5, 0.6) is 0 Å². The molecular weight excluding hydrogens is 282 g/mol. The third-order valence-corrected chi connectivity index (χ3v) is 3.88. The van der Waals surface area contributed by atoms with Crippen molar-refractivity contribution in [3.8, 4) is 0 Å². The second-order valence-corrected chi connectivity index (χ2v) is 6.09. The second kappa shape index (κ2) is 6.12. The number of aliphatic hydroxyl groups excluding tert-OH is 1. The minimum Gasteiger partial charge on any atom is -0.392 e. The van der Waals surface area contributed by atoms with Crippen molar-refractivity contribution < 1.29 is 18.0 Å². The first kappa shape index (κ1) is 14.6. The van der Waals surface area contributed by atoms with Gasteiger partial charge in [-0.2, -0.15) is 4.98 Å². The summed E-state index contributed by atoms with van der Waals surface area (Å²) in [6.45, 7) is 1.56. The standard InChI is InChI=1S/C12H15N3O4S/c1-9-14-12(15-19-9)6-13-20(17,18)8-11-4-2-10(7-16)3-5-11/h2-5,13,16H,6-8H2,1H3. The van der Waals surface area contributed by atoms with Crippen LogP contribution in [0.15, 0.2) is 28.8 Å². The predicted molar refractivity (Wildman–Crippen MR) is 70.9 cm³/mol. The minimum atomic E-state index is -3.48. The van der Waals surface area contributed by atoms with Gasteiger partial charge in [-0.1, -0.05) is 29.4 Å². The lowest BCUT2D eigenvalue weighted by atomic mass is 10.2. The molecule has 108 valence electrons. The zero-order chi connectivity index (χ0) is 14.6. The van der Waals surface area contributed by atoms with E-state index in [1.54, 1.807) is 31.2 Å². The lowest BCUT2D eigenvalue weighted by Crippen LogP contribution is -2.25. The van der Waals surface area contributed by atoms with E-state index in [1.807, 2.05) is 0 Å². The van der Waals surface area contributed by atoms with Crippen LogP contribution in [-0.4, -0.2) is 23.7 Å². The van der Waals surface area contributed by atoms with Gasteiger partial charge in [0.1, 0.15) is 0 Å². The van der Waals surface area contributed by atoms with Crippen LogP contribution in [0.2, 0.25) is 0 Å². The Bertz CT molecular complexity index is 664. The molecule has 0 amide bonds. The van der Waals surface area contributed by atoms with Crippen molar-refractivity contribution in [2.24, 2.45) is 0 Å². The quantitative estimate of drug-likeness (QED) is 0.804. The van der Waals surface area contributed by atoms with E-state index in [-0.39, 0.29) is 18.9 Å². The van der Waals surface area contributed by atoms with Crippen LogP contribution in [0.3, 0.4) is 0 Å². The summed E-state index contributed by atoms with van der Waals surface area (Å²) in [4.78, 5) is 3.91. The highest BCUT2D eigenvalue weighted by atomic mass is 32.2. The lowest BCUT2D eigenvalue weighted by Gasteiger charge is -2.05. The van der Waals surface area contributed by atoms with Crippen molar-refractivity contribution in [2.75, 3.05) is 0 Å². The average molecular weight is 297 g/mol. The van der Waals surface area contributed by atoms with Gasteiger partial charge in [0.15, 0.2) is 5.82 Å². The van der Waals surface area contributed by atoms with Crippen LogP contribution < -0.4 is 4.72 Å². The number of sulfonamides is 1. The Labute approximate surface area is 116 Å². The normalized spacial score (nSPS) is 11.7. The third-order valence-electron chi connectivity index (χ3n) is 2.58. The maximum Gasteiger partial charge on any atom is 0.223 e. The number of nitrogens with zero attached hydrogens (tertiary/aromatic N) is 2. The van der Waals surface area contributed by atoms with E-state index >= 15 is 0 Å². The van der Waals surface area contributed by atoms with Crippen LogP contribution in [0, 0.1) is 6.92 Å². The number of hydrogen-bond donors (Lipinski definition) is 2. The molecule has 0 aliphatic rings. The summed E-state index contributed by atoms with van der Waals surface area (Å²) in [6.07, 6.45) is 0. The van der Waals surface area contributed by atoms with Gasteiger partial charge in [-0.05, 0) is 11.1 Å². The first-order valence-electron chi connectivity index (χ1n) is 5.94. The Balaban J connectivity index is 1.96. The van der Waals surface area contributed by atoms with Crippen LogP contribution in [0.1, 0.15) is 22.8 Å². The Morgan fingerprint density at radius 3 is 2.45 bits per heavy atom. The molecule has 0 aliphatic carbocycles. The maximum atomic E-state index is 11.9. The van der Waals surface area contributed by atoms with Crippen LogP contribution in [0.25, 0.3) is 0 Å². The lowest BCUT2D eigenvalue weighted by molar-refractivity contribution is 0.282.